The topological polar surface area (TPSA) is 63.9 Å². The van der Waals surface area contributed by atoms with Gasteiger partial charge in [0.2, 0.25) is 5.88 Å². The van der Waals surface area contributed by atoms with Gasteiger partial charge in [-0.25, -0.2) is 4.98 Å². The molecule has 2 atom stereocenters. The SMILES string of the molecule is CC1(C)CCCC[C@H]2OC(c3[c-]c(Oc4ccc5cccc(O)c5n4)ccc3)=N[C@H]21.[Pt]. The van der Waals surface area contributed by atoms with Crippen LogP contribution in [0, 0.1) is 11.5 Å². The van der Waals surface area contributed by atoms with Gasteiger partial charge in [0.05, 0.1) is 6.04 Å². The van der Waals surface area contributed by atoms with Crippen molar-refractivity contribution in [3.05, 3.63) is 60.2 Å². The Morgan fingerprint density at radius 3 is 2.81 bits per heavy atom. The summed E-state index contributed by atoms with van der Waals surface area (Å²) >= 11 is 0. The Hall–Kier alpha value is -2.39. The van der Waals surface area contributed by atoms with Crippen LogP contribution in [0.4, 0.5) is 0 Å². The smallest absolute Gasteiger partial charge is 0.217 e. The van der Waals surface area contributed by atoms with E-state index in [1.54, 1.807) is 18.2 Å². The van der Waals surface area contributed by atoms with Crippen molar-refractivity contribution in [1.29, 1.82) is 0 Å². The molecule has 1 aliphatic carbocycles. The van der Waals surface area contributed by atoms with E-state index in [-0.39, 0.29) is 44.4 Å². The molecule has 3 aromatic rings. The first-order valence-corrected chi connectivity index (χ1v) is 10.5. The van der Waals surface area contributed by atoms with E-state index < -0.39 is 0 Å². The van der Waals surface area contributed by atoms with Gasteiger partial charge in [-0.15, -0.1) is 18.2 Å². The Morgan fingerprint density at radius 2 is 1.94 bits per heavy atom. The molecule has 5 nitrogen and oxygen atoms in total. The van der Waals surface area contributed by atoms with Crippen LogP contribution in [0.15, 0.2) is 53.5 Å². The van der Waals surface area contributed by atoms with Crippen molar-refractivity contribution in [2.24, 2.45) is 10.4 Å². The summed E-state index contributed by atoms with van der Waals surface area (Å²) < 4.78 is 12.2. The molecule has 6 heteroatoms. The standard InChI is InChI=1S/C25H25N2O3.Pt/c1-25(2)14-4-3-11-20-23(25)27-24(30-20)17-8-5-9-18(15-17)29-21-13-12-16-7-6-10-19(28)22(16)26-21;/h5-10,12-13,20,23,28H,3-4,11,14H2,1-2H3;/q-1;/t20-,23-;/m1./s1. The molecule has 0 spiro atoms. The summed E-state index contributed by atoms with van der Waals surface area (Å²) in [7, 11) is 0. The van der Waals surface area contributed by atoms with Crippen molar-refractivity contribution in [3.63, 3.8) is 0 Å². The number of hydrogen-bond donors (Lipinski definition) is 1. The van der Waals surface area contributed by atoms with Crippen LogP contribution in [0.2, 0.25) is 0 Å². The number of aromatic nitrogens is 1. The number of para-hydroxylation sites is 1. The Balaban J connectivity index is 0.00000231. The van der Waals surface area contributed by atoms with Gasteiger partial charge >= 0.3 is 0 Å². The molecule has 0 unspecified atom stereocenters. The zero-order chi connectivity index (χ0) is 20.7. The number of hydrogen-bond acceptors (Lipinski definition) is 5. The van der Waals surface area contributed by atoms with Gasteiger partial charge < -0.3 is 14.6 Å². The number of aliphatic imine (C=N–C) groups is 1. The maximum atomic E-state index is 10.1. The van der Waals surface area contributed by atoms with Crippen molar-refractivity contribution < 1.29 is 35.6 Å². The number of phenolic OH excluding ortho intramolecular Hbond substituents is 1. The summed E-state index contributed by atoms with van der Waals surface area (Å²) in [6.07, 6.45) is 4.77. The van der Waals surface area contributed by atoms with Gasteiger partial charge in [0.25, 0.3) is 0 Å². The molecule has 1 fully saturated rings. The van der Waals surface area contributed by atoms with Gasteiger partial charge in [0.15, 0.2) is 0 Å². The molecule has 0 radical (unpaired) electrons. The molecular formula is C25H25N2O3Pt-. The Labute approximate surface area is 196 Å². The number of pyridine rings is 1. The maximum absolute atomic E-state index is 10.1. The Morgan fingerprint density at radius 1 is 1.10 bits per heavy atom. The van der Waals surface area contributed by atoms with E-state index in [2.05, 4.69) is 24.9 Å². The van der Waals surface area contributed by atoms with Crippen LogP contribution in [0.5, 0.6) is 17.4 Å². The number of rotatable bonds is 3. The van der Waals surface area contributed by atoms with Gasteiger partial charge in [0, 0.05) is 38.3 Å². The summed E-state index contributed by atoms with van der Waals surface area (Å²) in [4.78, 5) is 9.38. The fourth-order valence-electron chi connectivity index (χ4n) is 4.46. The van der Waals surface area contributed by atoms with Crippen molar-refractivity contribution in [2.45, 2.75) is 51.7 Å². The molecule has 0 saturated heterocycles. The summed E-state index contributed by atoms with van der Waals surface area (Å²) in [5, 5.41) is 10.9. The van der Waals surface area contributed by atoms with E-state index in [9.17, 15) is 5.11 Å². The molecule has 0 bridgehead atoms. The first kappa shape index (κ1) is 21.8. The molecule has 1 saturated carbocycles. The quantitative estimate of drug-likeness (QED) is 0.398. The van der Waals surface area contributed by atoms with Crippen LogP contribution in [0.1, 0.15) is 45.1 Å². The first-order chi connectivity index (χ1) is 14.5. The summed E-state index contributed by atoms with van der Waals surface area (Å²) in [6.45, 7) is 4.58. The van der Waals surface area contributed by atoms with Crippen LogP contribution in [-0.2, 0) is 25.8 Å². The third kappa shape index (κ3) is 4.34. The second-order valence-corrected chi connectivity index (χ2v) is 8.80. The van der Waals surface area contributed by atoms with Crippen LogP contribution in [0.3, 0.4) is 0 Å². The van der Waals surface area contributed by atoms with Gasteiger partial charge in [-0.3, -0.25) is 4.99 Å². The molecule has 0 amide bonds. The van der Waals surface area contributed by atoms with E-state index in [0.29, 0.717) is 23.0 Å². The van der Waals surface area contributed by atoms with E-state index >= 15 is 0 Å². The fourth-order valence-corrected chi connectivity index (χ4v) is 4.46. The average Bonchev–Trinajstić information content (AvgIpc) is 3.12. The third-order valence-electron chi connectivity index (χ3n) is 6.12. The zero-order valence-corrected chi connectivity index (χ0v) is 19.8. The molecule has 1 N–H and O–H groups in total. The zero-order valence-electron chi connectivity index (χ0n) is 17.6. The van der Waals surface area contributed by atoms with Crippen molar-refractivity contribution in [1.82, 2.24) is 4.98 Å². The summed E-state index contributed by atoms with van der Waals surface area (Å²) in [5.41, 5.74) is 1.44. The Bertz CT molecular complexity index is 1130. The molecule has 2 heterocycles. The molecule has 1 aliphatic heterocycles. The Kier molecular flexibility index (Phi) is 6.07. The molecular weight excluding hydrogens is 571 g/mol. The largest absolute Gasteiger partial charge is 0.515 e. The average molecular weight is 597 g/mol. The minimum atomic E-state index is 0. The van der Waals surface area contributed by atoms with Crippen LogP contribution in [0.25, 0.3) is 10.9 Å². The molecule has 2 aromatic carbocycles. The molecule has 2 aliphatic rings. The molecule has 164 valence electrons. The molecule has 31 heavy (non-hydrogen) atoms. The van der Waals surface area contributed by atoms with Gasteiger partial charge in [-0.1, -0.05) is 44.0 Å². The van der Waals surface area contributed by atoms with E-state index in [4.69, 9.17) is 14.5 Å². The predicted octanol–water partition coefficient (Wildman–Crippen LogP) is 5.64. The third-order valence-corrected chi connectivity index (χ3v) is 6.12. The van der Waals surface area contributed by atoms with Gasteiger partial charge in [-0.05, 0) is 36.8 Å². The van der Waals surface area contributed by atoms with E-state index in [0.717, 1.165) is 17.4 Å². The van der Waals surface area contributed by atoms with Gasteiger partial charge in [0.1, 0.15) is 23.3 Å². The fraction of sp³-hybridized carbons (Fsp3) is 0.360. The molecule has 5 rings (SSSR count). The van der Waals surface area contributed by atoms with Crippen LogP contribution >= 0.6 is 0 Å². The number of fused-ring (bicyclic) bond motifs is 2. The van der Waals surface area contributed by atoms with Crippen molar-refractivity contribution >= 4 is 16.8 Å². The number of benzene rings is 2. The van der Waals surface area contributed by atoms with E-state index in [1.165, 1.54) is 19.3 Å². The number of aromatic hydroxyl groups is 1. The number of nitrogens with zero attached hydrogens (tertiary/aromatic N) is 2. The maximum Gasteiger partial charge on any atom is 0.217 e. The first-order valence-electron chi connectivity index (χ1n) is 10.5. The second-order valence-electron chi connectivity index (χ2n) is 8.80. The second kappa shape index (κ2) is 8.62. The summed E-state index contributed by atoms with van der Waals surface area (Å²) in [6, 6.07) is 18.1. The predicted molar refractivity (Wildman–Crippen MR) is 116 cm³/mol. The van der Waals surface area contributed by atoms with Crippen LogP contribution < -0.4 is 4.74 Å². The van der Waals surface area contributed by atoms with Gasteiger partial charge in [-0.2, -0.15) is 0 Å². The van der Waals surface area contributed by atoms with Crippen molar-refractivity contribution in [2.75, 3.05) is 0 Å². The van der Waals surface area contributed by atoms with Crippen molar-refractivity contribution in [3.8, 4) is 17.4 Å². The van der Waals surface area contributed by atoms with Crippen LogP contribution in [-0.4, -0.2) is 28.1 Å². The normalized spacial score (nSPS) is 21.9. The van der Waals surface area contributed by atoms with E-state index in [1.807, 2.05) is 30.3 Å². The monoisotopic (exact) mass is 596 g/mol. The number of ether oxygens (including phenoxy) is 2. The minimum absolute atomic E-state index is 0. The molecule has 1 aromatic heterocycles. The number of phenols is 1. The minimum Gasteiger partial charge on any atom is -0.515 e. The summed E-state index contributed by atoms with van der Waals surface area (Å²) in [5.74, 6) is 1.71.